The first-order valence-corrected chi connectivity index (χ1v) is 7.43. The Hall–Kier alpha value is -1.81. The SMILES string of the molecule is CCCOc1cccc(C(=O)c2c(Cl)cnn2C(C)C)c1. The van der Waals surface area contributed by atoms with Crippen molar-refractivity contribution in [1.82, 2.24) is 9.78 Å². The van der Waals surface area contributed by atoms with Crippen molar-refractivity contribution < 1.29 is 9.53 Å². The van der Waals surface area contributed by atoms with Crippen LogP contribution in [-0.4, -0.2) is 22.2 Å². The Balaban J connectivity index is 2.34. The zero-order valence-electron chi connectivity index (χ0n) is 12.5. The fraction of sp³-hybridized carbons (Fsp3) is 0.375. The predicted octanol–water partition coefficient (Wildman–Crippen LogP) is 4.14. The van der Waals surface area contributed by atoms with Crippen LogP contribution in [0.25, 0.3) is 0 Å². The Morgan fingerprint density at radius 2 is 2.19 bits per heavy atom. The highest BCUT2D eigenvalue weighted by atomic mass is 35.5. The molecule has 0 spiro atoms. The second-order valence-electron chi connectivity index (χ2n) is 5.08. The minimum absolute atomic E-state index is 0.0657. The van der Waals surface area contributed by atoms with E-state index in [1.54, 1.807) is 16.8 Å². The van der Waals surface area contributed by atoms with Crippen LogP contribution in [0.5, 0.6) is 5.75 Å². The van der Waals surface area contributed by atoms with E-state index in [0.717, 1.165) is 6.42 Å². The van der Waals surface area contributed by atoms with Gasteiger partial charge in [0, 0.05) is 11.6 Å². The molecule has 5 heteroatoms. The first-order chi connectivity index (χ1) is 10.0. The molecule has 112 valence electrons. The van der Waals surface area contributed by atoms with E-state index in [4.69, 9.17) is 16.3 Å². The average molecular weight is 307 g/mol. The summed E-state index contributed by atoms with van der Waals surface area (Å²) < 4.78 is 7.21. The Bertz CT molecular complexity index is 635. The van der Waals surface area contributed by atoms with Gasteiger partial charge in [-0.25, -0.2) is 0 Å². The van der Waals surface area contributed by atoms with E-state index >= 15 is 0 Å². The van der Waals surface area contributed by atoms with Gasteiger partial charge < -0.3 is 4.74 Å². The molecule has 2 rings (SSSR count). The van der Waals surface area contributed by atoms with Crippen molar-refractivity contribution in [3.05, 3.63) is 46.7 Å². The van der Waals surface area contributed by atoms with Crippen LogP contribution < -0.4 is 4.74 Å². The van der Waals surface area contributed by atoms with Gasteiger partial charge in [-0.1, -0.05) is 30.7 Å². The molecular weight excluding hydrogens is 288 g/mol. The van der Waals surface area contributed by atoms with E-state index in [-0.39, 0.29) is 11.8 Å². The van der Waals surface area contributed by atoms with Gasteiger partial charge in [-0.3, -0.25) is 9.48 Å². The average Bonchev–Trinajstić information content (AvgIpc) is 2.86. The number of carbonyl (C=O) groups is 1. The van der Waals surface area contributed by atoms with Crippen molar-refractivity contribution >= 4 is 17.4 Å². The lowest BCUT2D eigenvalue weighted by atomic mass is 10.1. The lowest BCUT2D eigenvalue weighted by Crippen LogP contribution is -2.14. The van der Waals surface area contributed by atoms with Crippen LogP contribution in [0.4, 0.5) is 0 Å². The van der Waals surface area contributed by atoms with Crippen molar-refractivity contribution in [2.45, 2.75) is 33.2 Å². The molecule has 21 heavy (non-hydrogen) atoms. The number of nitrogens with zero attached hydrogens (tertiary/aromatic N) is 2. The molecule has 0 aliphatic carbocycles. The van der Waals surface area contributed by atoms with Crippen LogP contribution in [-0.2, 0) is 0 Å². The molecule has 0 N–H and O–H groups in total. The summed E-state index contributed by atoms with van der Waals surface area (Å²) in [6.45, 7) is 6.58. The molecule has 1 aromatic carbocycles. The van der Waals surface area contributed by atoms with Crippen LogP contribution in [0, 0.1) is 0 Å². The molecule has 4 nitrogen and oxygen atoms in total. The third-order valence-electron chi connectivity index (χ3n) is 3.02. The van der Waals surface area contributed by atoms with Crippen LogP contribution in [0.15, 0.2) is 30.5 Å². The van der Waals surface area contributed by atoms with E-state index in [9.17, 15) is 4.79 Å². The molecule has 0 aliphatic rings. The maximum absolute atomic E-state index is 12.7. The van der Waals surface area contributed by atoms with E-state index < -0.39 is 0 Å². The predicted molar refractivity (Wildman–Crippen MR) is 83.3 cm³/mol. The van der Waals surface area contributed by atoms with Crippen LogP contribution >= 0.6 is 11.6 Å². The van der Waals surface area contributed by atoms with E-state index in [0.29, 0.717) is 28.6 Å². The van der Waals surface area contributed by atoms with Gasteiger partial charge >= 0.3 is 0 Å². The highest BCUT2D eigenvalue weighted by molar-refractivity contribution is 6.34. The Morgan fingerprint density at radius 3 is 2.86 bits per heavy atom. The molecular formula is C16H19ClN2O2. The summed E-state index contributed by atoms with van der Waals surface area (Å²) in [5.74, 6) is 0.544. The van der Waals surface area contributed by atoms with E-state index in [1.165, 1.54) is 6.20 Å². The standard InChI is InChI=1S/C16H19ClN2O2/c1-4-8-21-13-7-5-6-12(9-13)16(20)15-14(17)10-18-19(15)11(2)3/h5-7,9-11H,4,8H2,1-3H3. The minimum Gasteiger partial charge on any atom is -0.494 e. The molecule has 0 atom stereocenters. The summed E-state index contributed by atoms with van der Waals surface area (Å²) in [6.07, 6.45) is 2.43. The number of hydrogen-bond donors (Lipinski definition) is 0. The smallest absolute Gasteiger partial charge is 0.212 e. The van der Waals surface area contributed by atoms with Gasteiger partial charge in [-0.15, -0.1) is 0 Å². The Kier molecular flexibility index (Phi) is 5.02. The number of rotatable bonds is 6. The van der Waals surface area contributed by atoms with Crippen molar-refractivity contribution in [3.8, 4) is 5.75 Å². The van der Waals surface area contributed by atoms with E-state index in [1.807, 2.05) is 32.9 Å². The number of benzene rings is 1. The summed E-state index contributed by atoms with van der Waals surface area (Å²) in [7, 11) is 0. The lowest BCUT2D eigenvalue weighted by molar-refractivity contribution is 0.102. The van der Waals surface area contributed by atoms with Crippen molar-refractivity contribution in [1.29, 1.82) is 0 Å². The van der Waals surface area contributed by atoms with Crippen molar-refractivity contribution in [2.24, 2.45) is 0 Å². The van der Waals surface area contributed by atoms with Gasteiger partial charge in [-0.05, 0) is 32.4 Å². The molecule has 1 aromatic heterocycles. The van der Waals surface area contributed by atoms with Crippen molar-refractivity contribution in [3.63, 3.8) is 0 Å². The highest BCUT2D eigenvalue weighted by Crippen LogP contribution is 2.24. The second kappa shape index (κ2) is 6.76. The number of hydrogen-bond acceptors (Lipinski definition) is 3. The van der Waals surface area contributed by atoms with E-state index in [2.05, 4.69) is 5.10 Å². The van der Waals surface area contributed by atoms with Crippen LogP contribution in [0.2, 0.25) is 5.02 Å². The molecule has 0 unspecified atom stereocenters. The van der Waals surface area contributed by atoms with Gasteiger partial charge in [0.15, 0.2) is 0 Å². The molecule has 0 aliphatic heterocycles. The van der Waals surface area contributed by atoms with Crippen LogP contribution in [0.1, 0.15) is 49.3 Å². The molecule has 0 saturated carbocycles. The van der Waals surface area contributed by atoms with Crippen LogP contribution in [0.3, 0.4) is 0 Å². The monoisotopic (exact) mass is 306 g/mol. The highest BCUT2D eigenvalue weighted by Gasteiger charge is 2.21. The summed E-state index contributed by atoms with van der Waals surface area (Å²) in [5, 5.41) is 4.54. The van der Waals surface area contributed by atoms with Gasteiger partial charge in [-0.2, -0.15) is 5.10 Å². The molecule has 0 saturated heterocycles. The minimum atomic E-state index is -0.145. The topological polar surface area (TPSA) is 44.1 Å². The quantitative estimate of drug-likeness (QED) is 0.753. The number of carbonyl (C=O) groups excluding carboxylic acids is 1. The number of ketones is 1. The molecule has 0 amide bonds. The molecule has 1 heterocycles. The normalized spacial score (nSPS) is 10.9. The fourth-order valence-electron chi connectivity index (χ4n) is 2.03. The summed E-state index contributed by atoms with van der Waals surface area (Å²) in [6, 6.07) is 7.22. The van der Waals surface area contributed by atoms with Gasteiger partial charge in [0.2, 0.25) is 5.78 Å². The number of aromatic nitrogens is 2. The zero-order chi connectivity index (χ0) is 15.4. The molecule has 0 radical (unpaired) electrons. The zero-order valence-corrected chi connectivity index (χ0v) is 13.2. The summed E-state index contributed by atoms with van der Waals surface area (Å²) in [4.78, 5) is 12.7. The summed E-state index contributed by atoms with van der Waals surface area (Å²) in [5.41, 5.74) is 0.965. The molecule has 2 aromatic rings. The Morgan fingerprint density at radius 1 is 1.43 bits per heavy atom. The third kappa shape index (κ3) is 3.45. The molecule has 0 bridgehead atoms. The van der Waals surface area contributed by atoms with Crippen molar-refractivity contribution in [2.75, 3.05) is 6.61 Å². The van der Waals surface area contributed by atoms with Gasteiger partial charge in [0.1, 0.15) is 11.4 Å². The first-order valence-electron chi connectivity index (χ1n) is 7.05. The van der Waals surface area contributed by atoms with Gasteiger partial charge in [0.25, 0.3) is 0 Å². The fourth-order valence-corrected chi connectivity index (χ4v) is 2.25. The molecule has 0 fully saturated rings. The third-order valence-corrected chi connectivity index (χ3v) is 3.30. The number of ether oxygens (including phenoxy) is 1. The summed E-state index contributed by atoms with van der Waals surface area (Å²) >= 11 is 6.12. The lowest BCUT2D eigenvalue weighted by Gasteiger charge is -2.11. The Labute approximate surface area is 129 Å². The second-order valence-corrected chi connectivity index (χ2v) is 5.49. The maximum Gasteiger partial charge on any atom is 0.212 e. The number of halogens is 1. The van der Waals surface area contributed by atoms with Gasteiger partial charge in [0.05, 0.1) is 17.8 Å². The maximum atomic E-state index is 12.7. The first kappa shape index (κ1) is 15.6. The largest absolute Gasteiger partial charge is 0.494 e.